The van der Waals surface area contributed by atoms with Crippen LogP contribution in [0.3, 0.4) is 0 Å². The van der Waals surface area contributed by atoms with Gasteiger partial charge in [-0.2, -0.15) is 0 Å². The fraction of sp³-hybridized carbons (Fsp3) is 0.952. The first-order valence-electron chi connectivity index (χ1n) is 9.51. The zero-order chi connectivity index (χ0) is 16.4. The quantitative estimate of drug-likeness (QED) is 0.590. The summed E-state index contributed by atoms with van der Waals surface area (Å²) in [7, 11) is 0. The van der Waals surface area contributed by atoms with Gasteiger partial charge >= 0.3 is 0 Å². The molecule has 0 radical (unpaired) electrons. The Morgan fingerprint density at radius 2 is 1.50 bits per heavy atom. The smallest absolute Gasteiger partial charge is 0.123 e. The van der Waals surface area contributed by atoms with Crippen LogP contribution in [0.25, 0.3) is 0 Å². The Morgan fingerprint density at radius 3 is 2.00 bits per heavy atom. The predicted molar refractivity (Wildman–Crippen MR) is 92.4 cm³/mol. The molecule has 3 saturated carbocycles. The van der Waals surface area contributed by atoms with E-state index < -0.39 is 0 Å². The maximum atomic E-state index is 11.5. The molecule has 3 fully saturated rings. The van der Waals surface area contributed by atoms with E-state index in [1.807, 2.05) is 0 Å². The van der Waals surface area contributed by atoms with E-state index >= 15 is 0 Å². The van der Waals surface area contributed by atoms with Crippen molar-refractivity contribution < 1.29 is 4.79 Å². The highest BCUT2D eigenvalue weighted by atomic mass is 16.1. The second-order valence-electron chi connectivity index (χ2n) is 10.9. The third kappa shape index (κ3) is 2.38. The fourth-order valence-corrected chi connectivity index (χ4v) is 7.18. The minimum Gasteiger partial charge on any atom is -0.303 e. The number of hydrogen-bond donors (Lipinski definition) is 0. The zero-order valence-electron chi connectivity index (χ0n) is 15.7. The van der Waals surface area contributed by atoms with Gasteiger partial charge in [-0.3, -0.25) is 0 Å². The number of carbonyl (C=O) groups excluding carboxylic acids is 1. The summed E-state index contributed by atoms with van der Waals surface area (Å²) >= 11 is 0. The van der Waals surface area contributed by atoms with Crippen molar-refractivity contribution in [3.8, 4) is 0 Å². The Kier molecular flexibility index (Phi) is 3.82. The molecule has 0 aromatic rings. The molecule has 8 atom stereocenters. The van der Waals surface area contributed by atoms with Crippen molar-refractivity contribution >= 4 is 6.29 Å². The third-order valence-electron chi connectivity index (χ3n) is 7.71. The maximum Gasteiger partial charge on any atom is 0.123 e. The highest BCUT2D eigenvalue weighted by Gasteiger charge is 2.60. The van der Waals surface area contributed by atoms with Crippen molar-refractivity contribution in [3.05, 3.63) is 0 Å². The van der Waals surface area contributed by atoms with Crippen molar-refractivity contribution in [1.82, 2.24) is 0 Å². The highest BCUT2D eigenvalue weighted by molar-refractivity contribution is 5.55. The van der Waals surface area contributed by atoms with Gasteiger partial charge in [0.15, 0.2) is 0 Å². The van der Waals surface area contributed by atoms with Gasteiger partial charge in [-0.05, 0) is 71.5 Å². The summed E-state index contributed by atoms with van der Waals surface area (Å²) in [6.07, 6.45) is 5.23. The summed E-state index contributed by atoms with van der Waals surface area (Å²) in [5.74, 6) is 6.00. The average molecular weight is 305 g/mol. The molecule has 0 aromatic carbocycles. The molecule has 1 nitrogen and oxygen atoms in total. The number of aldehydes is 1. The molecule has 0 amide bonds. The Balaban J connectivity index is 1.95. The number of fused-ring (bicyclic) bond motifs is 5. The van der Waals surface area contributed by atoms with Crippen LogP contribution in [-0.4, -0.2) is 6.29 Å². The second kappa shape index (κ2) is 5.08. The summed E-state index contributed by atoms with van der Waals surface area (Å²) < 4.78 is 0. The Morgan fingerprint density at radius 1 is 0.864 bits per heavy atom. The number of rotatable bonds is 1. The largest absolute Gasteiger partial charge is 0.303 e. The molecular weight excluding hydrogens is 268 g/mol. The Labute approximate surface area is 137 Å². The first-order chi connectivity index (χ1) is 10.1. The lowest BCUT2D eigenvalue weighted by atomic mass is 9.48. The van der Waals surface area contributed by atoms with Crippen LogP contribution >= 0.6 is 0 Å². The molecule has 0 aromatic heterocycles. The van der Waals surface area contributed by atoms with Gasteiger partial charge in [0.2, 0.25) is 0 Å². The molecule has 3 aliphatic carbocycles. The molecule has 3 aliphatic rings. The van der Waals surface area contributed by atoms with Gasteiger partial charge in [0.25, 0.3) is 0 Å². The van der Waals surface area contributed by atoms with Crippen LogP contribution in [0.1, 0.15) is 67.7 Å². The maximum absolute atomic E-state index is 11.5. The molecule has 0 N–H and O–H groups in total. The molecule has 2 bridgehead atoms. The standard InChI is InChI=1S/C21H36O/c1-12-18-15-9-13(8-14(15)11-22)16(18)10-17(20(2,3)4)19(12)21(5,6)7/h11-19H,8-10H2,1-7H3. The SMILES string of the molecule is CC1C2C3CC(CC3C=O)C2CC(C(C)(C)C)C1C(C)(C)C. The lowest BCUT2D eigenvalue weighted by Crippen LogP contribution is -2.51. The second-order valence-corrected chi connectivity index (χ2v) is 10.9. The molecule has 1 heteroatoms. The van der Waals surface area contributed by atoms with Gasteiger partial charge in [0.1, 0.15) is 6.29 Å². The van der Waals surface area contributed by atoms with Crippen LogP contribution in [0.15, 0.2) is 0 Å². The van der Waals surface area contributed by atoms with Crippen LogP contribution < -0.4 is 0 Å². The topological polar surface area (TPSA) is 17.1 Å². The van der Waals surface area contributed by atoms with Crippen molar-refractivity contribution in [2.24, 2.45) is 58.2 Å². The normalized spacial score (nSPS) is 48.3. The van der Waals surface area contributed by atoms with Crippen LogP contribution in [0.2, 0.25) is 0 Å². The lowest BCUT2D eigenvalue weighted by molar-refractivity contribution is -0.118. The van der Waals surface area contributed by atoms with Crippen LogP contribution in [0, 0.1) is 58.2 Å². The van der Waals surface area contributed by atoms with E-state index in [0.29, 0.717) is 22.7 Å². The van der Waals surface area contributed by atoms with E-state index in [-0.39, 0.29) is 0 Å². The van der Waals surface area contributed by atoms with E-state index in [9.17, 15) is 4.79 Å². The first kappa shape index (κ1) is 16.5. The monoisotopic (exact) mass is 304 g/mol. The number of carbonyl (C=O) groups is 1. The molecule has 0 saturated heterocycles. The van der Waals surface area contributed by atoms with E-state index in [0.717, 1.165) is 35.5 Å². The van der Waals surface area contributed by atoms with E-state index in [4.69, 9.17) is 0 Å². The van der Waals surface area contributed by atoms with Gasteiger partial charge in [-0.1, -0.05) is 48.5 Å². The molecule has 0 aliphatic heterocycles. The van der Waals surface area contributed by atoms with Crippen molar-refractivity contribution in [2.45, 2.75) is 67.7 Å². The van der Waals surface area contributed by atoms with Crippen molar-refractivity contribution in [2.75, 3.05) is 0 Å². The van der Waals surface area contributed by atoms with E-state index in [2.05, 4.69) is 48.5 Å². The Hall–Kier alpha value is -0.330. The lowest BCUT2D eigenvalue weighted by Gasteiger charge is -2.56. The van der Waals surface area contributed by atoms with Gasteiger partial charge < -0.3 is 4.79 Å². The molecule has 126 valence electrons. The summed E-state index contributed by atoms with van der Waals surface area (Å²) in [4.78, 5) is 11.5. The van der Waals surface area contributed by atoms with Crippen LogP contribution in [-0.2, 0) is 4.79 Å². The summed E-state index contributed by atoms with van der Waals surface area (Å²) in [6.45, 7) is 17.2. The van der Waals surface area contributed by atoms with E-state index in [1.165, 1.54) is 25.5 Å². The molecule has 22 heavy (non-hydrogen) atoms. The zero-order valence-corrected chi connectivity index (χ0v) is 15.7. The highest BCUT2D eigenvalue weighted by Crippen LogP contribution is 2.66. The minimum absolute atomic E-state index is 0.362. The summed E-state index contributed by atoms with van der Waals surface area (Å²) in [5, 5.41) is 0. The summed E-state index contributed by atoms with van der Waals surface area (Å²) in [6, 6.07) is 0. The van der Waals surface area contributed by atoms with Crippen molar-refractivity contribution in [1.29, 1.82) is 0 Å². The average Bonchev–Trinajstić information content (AvgIpc) is 2.93. The molecule has 0 spiro atoms. The molecule has 0 heterocycles. The number of hydrogen-bond acceptors (Lipinski definition) is 1. The van der Waals surface area contributed by atoms with Gasteiger partial charge in [-0.15, -0.1) is 0 Å². The Bertz CT molecular complexity index is 438. The molecular formula is C21H36O. The first-order valence-corrected chi connectivity index (χ1v) is 9.51. The van der Waals surface area contributed by atoms with Crippen molar-refractivity contribution in [3.63, 3.8) is 0 Å². The van der Waals surface area contributed by atoms with Crippen LogP contribution in [0.5, 0.6) is 0 Å². The third-order valence-corrected chi connectivity index (χ3v) is 7.71. The molecule has 8 unspecified atom stereocenters. The van der Waals surface area contributed by atoms with Gasteiger partial charge in [0, 0.05) is 5.92 Å². The predicted octanol–water partition coefficient (Wildman–Crippen LogP) is 5.44. The van der Waals surface area contributed by atoms with Gasteiger partial charge in [0.05, 0.1) is 0 Å². The molecule has 3 rings (SSSR count). The van der Waals surface area contributed by atoms with Crippen LogP contribution in [0.4, 0.5) is 0 Å². The fourth-order valence-electron chi connectivity index (χ4n) is 7.18. The minimum atomic E-state index is 0.362. The summed E-state index contributed by atoms with van der Waals surface area (Å²) in [5.41, 5.74) is 0.754. The van der Waals surface area contributed by atoms with E-state index in [1.54, 1.807) is 0 Å². The van der Waals surface area contributed by atoms with Gasteiger partial charge in [-0.25, -0.2) is 0 Å².